The van der Waals surface area contributed by atoms with Crippen molar-refractivity contribution < 1.29 is 14.3 Å². The lowest BCUT2D eigenvalue weighted by Gasteiger charge is -2.34. The Morgan fingerprint density at radius 1 is 1.26 bits per heavy atom. The molecule has 4 heteroatoms. The van der Waals surface area contributed by atoms with Crippen LogP contribution in [0.25, 0.3) is 0 Å². The largest absolute Gasteiger partial charge is 0.466 e. The van der Waals surface area contributed by atoms with Gasteiger partial charge in [-0.05, 0) is 39.0 Å². The van der Waals surface area contributed by atoms with E-state index in [1.807, 2.05) is 11.8 Å². The van der Waals surface area contributed by atoms with Crippen molar-refractivity contribution in [2.75, 3.05) is 19.7 Å². The third-order valence-corrected chi connectivity index (χ3v) is 3.97. The average Bonchev–Trinajstić information content (AvgIpc) is 2.48. The van der Waals surface area contributed by atoms with Crippen LogP contribution < -0.4 is 0 Å². The van der Waals surface area contributed by atoms with E-state index < -0.39 is 0 Å². The van der Waals surface area contributed by atoms with Gasteiger partial charge >= 0.3 is 5.97 Å². The van der Waals surface area contributed by atoms with Crippen molar-refractivity contribution in [1.82, 2.24) is 4.90 Å². The van der Waals surface area contributed by atoms with Crippen LogP contribution in [0, 0.1) is 11.8 Å². The molecule has 0 spiro atoms. The predicted octanol–water partition coefficient (Wildman–Crippen LogP) is 2.14. The van der Waals surface area contributed by atoms with Gasteiger partial charge in [0.2, 0.25) is 5.91 Å². The maximum absolute atomic E-state index is 12.4. The number of ether oxygens (including phenoxy) is 1. The van der Waals surface area contributed by atoms with Gasteiger partial charge in [-0.15, -0.1) is 0 Å². The minimum Gasteiger partial charge on any atom is -0.466 e. The summed E-state index contributed by atoms with van der Waals surface area (Å²) in [5.41, 5.74) is 0. The molecule has 0 bridgehead atoms. The van der Waals surface area contributed by atoms with Gasteiger partial charge < -0.3 is 9.64 Å². The second kappa shape index (κ2) is 6.73. The number of hydrogen-bond donors (Lipinski definition) is 0. The van der Waals surface area contributed by atoms with E-state index in [1.165, 1.54) is 0 Å². The highest BCUT2D eigenvalue weighted by molar-refractivity contribution is 5.80. The highest BCUT2D eigenvalue weighted by Gasteiger charge is 2.32. The Bertz CT molecular complexity index is 364. The van der Waals surface area contributed by atoms with Crippen LogP contribution in [-0.4, -0.2) is 36.5 Å². The Morgan fingerprint density at radius 2 is 2.11 bits per heavy atom. The molecule has 1 aliphatic heterocycles. The quantitative estimate of drug-likeness (QED) is 0.580. The second-order valence-electron chi connectivity index (χ2n) is 5.36. The molecule has 2 atom stereocenters. The van der Waals surface area contributed by atoms with Crippen molar-refractivity contribution >= 4 is 11.9 Å². The number of nitrogens with zero attached hydrogens (tertiary/aromatic N) is 1. The highest BCUT2D eigenvalue weighted by atomic mass is 16.5. The first-order valence-corrected chi connectivity index (χ1v) is 7.32. The fourth-order valence-electron chi connectivity index (χ4n) is 2.91. The van der Waals surface area contributed by atoms with Gasteiger partial charge in [0.15, 0.2) is 0 Å². The second-order valence-corrected chi connectivity index (χ2v) is 5.36. The molecule has 2 aliphatic rings. The van der Waals surface area contributed by atoms with Crippen molar-refractivity contribution in [3.05, 3.63) is 12.2 Å². The summed E-state index contributed by atoms with van der Waals surface area (Å²) < 4.78 is 5.07. The van der Waals surface area contributed by atoms with E-state index in [0.29, 0.717) is 13.2 Å². The number of carbonyl (C=O) groups excluding carboxylic acids is 2. The number of esters is 1. The molecule has 0 radical (unpaired) electrons. The summed E-state index contributed by atoms with van der Waals surface area (Å²) in [5.74, 6) is 0.0598. The van der Waals surface area contributed by atoms with E-state index in [2.05, 4.69) is 12.2 Å². The van der Waals surface area contributed by atoms with E-state index >= 15 is 0 Å². The van der Waals surface area contributed by atoms with Crippen molar-refractivity contribution in [1.29, 1.82) is 0 Å². The summed E-state index contributed by atoms with van der Waals surface area (Å²) in [7, 11) is 0. The average molecular weight is 265 g/mol. The fraction of sp³-hybridized carbons (Fsp3) is 0.733. The Balaban J connectivity index is 1.91. The standard InChI is InChI=1S/C15H23NO3/c1-2-19-15(18)13-9-6-10-16(11-13)14(17)12-7-4-3-5-8-12/h3-4,12-13H,2,5-11H2,1H3/t12-,13+/m0/s1. The number of carbonyl (C=O) groups is 2. The van der Waals surface area contributed by atoms with Crippen LogP contribution in [0.1, 0.15) is 39.0 Å². The number of rotatable bonds is 3. The van der Waals surface area contributed by atoms with Crippen molar-refractivity contribution in [3.63, 3.8) is 0 Å². The molecule has 1 saturated heterocycles. The van der Waals surface area contributed by atoms with Crippen LogP contribution >= 0.6 is 0 Å². The number of likely N-dealkylation sites (tertiary alicyclic amines) is 1. The first-order chi connectivity index (χ1) is 9.22. The van der Waals surface area contributed by atoms with E-state index in [4.69, 9.17) is 4.74 Å². The van der Waals surface area contributed by atoms with Gasteiger partial charge in [0.25, 0.3) is 0 Å². The maximum Gasteiger partial charge on any atom is 0.310 e. The molecular weight excluding hydrogens is 242 g/mol. The molecule has 0 saturated carbocycles. The molecule has 2 rings (SSSR count). The first kappa shape index (κ1) is 14.1. The van der Waals surface area contributed by atoms with E-state index in [9.17, 15) is 9.59 Å². The molecule has 4 nitrogen and oxygen atoms in total. The van der Waals surface area contributed by atoms with Gasteiger partial charge in [-0.3, -0.25) is 9.59 Å². The molecule has 1 fully saturated rings. The van der Waals surface area contributed by atoms with Gasteiger partial charge in [0.1, 0.15) is 0 Å². The van der Waals surface area contributed by atoms with Crippen LogP contribution in [0.2, 0.25) is 0 Å². The molecule has 0 aromatic rings. The zero-order chi connectivity index (χ0) is 13.7. The summed E-state index contributed by atoms with van der Waals surface area (Å²) in [6.07, 6.45) is 8.76. The maximum atomic E-state index is 12.4. The summed E-state index contributed by atoms with van der Waals surface area (Å²) in [6.45, 7) is 3.56. The molecule has 1 aliphatic carbocycles. The third kappa shape index (κ3) is 3.58. The Hall–Kier alpha value is -1.32. The lowest BCUT2D eigenvalue weighted by Crippen LogP contribution is -2.45. The van der Waals surface area contributed by atoms with Crippen molar-refractivity contribution in [2.24, 2.45) is 11.8 Å². The monoisotopic (exact) mass is 265 g/mol. The number of hydrogen-bond acceptors (Lipinski definition) is 3. The Labute approximate surface area is 114 Å². The smallest absolute Gasteiger partial charge is 0.310 e. The zero-order valence-electron chi connectivity index (χ0n) is 11.6. The summed E-state index contributed by atoms with van der Waals surface area (Å²) in [5, 5.41) is 0. The first-order valence-electron chi connectivity index (χ1n) is 7.32. The summed E-state index contributed by atoms with van der Waals surface area (Å²) in [4.78, 5) is 26.1. The van der Waals surface area contributed by atoms with Crippen molar-refractivity contribution in [3.8, 4) is 0 Å². The van der Waals surface area contributed by atoms with Gasteiger partial charge in [-0.2, -0.15) is 0 Å². The number of allylic oxidation sites excluding steroid dienone is 2. The molecule has 0 N–H and O–H groups in total. The fourth-order valence-corrected chi connectivity index (χ4v) is 2.91. The Morgan fingerprint density at radius 3 is 2.79 bits per heavy atom. The van der Waals surface area contributed by atoms with Gasteiger partial charge in [0, 0.05) is 19.0 Å². The molecule has 0 unspecified atom stereocenters. The van der Waals surface area contributed by atoms with E-state index in [-0.39, 0.29) is 23.7 Å². The predicted molar refractivity (Wildman–Crippen MR) is 72.4 cm³/mol. The SMILES string of the molecule is CCOC(=O)[C@@H]1CCCN(C(=O)[C@H]2CC=CCC2)C1. The van der Waals surface area contributed by atoms with Crippen LogP contribution in [0.3, 0.4) is 0 Å². The van der Waals surface area contributed by atoms with Crippen LogP contribution in [-0.2, 0) is 14.3 Å². The molecule has 106 valence electrons. The lowest BCUT2D eigenvalue weighted by atomic mass is 9.91. The summed E-state index contributed by atoms with van der Waals surface area (Å²) in [6, 6.07) is 0. The Kier molecular flexibility index (Phi) is 5.00. The van der Waals surface area contributed by atoms with Crippen molar-refractivity contribution in [2.45, 2.75) is 39.0 Å². The molecule has 19 heavy (non-hydrogen) atoms. The molecule has 0 aromatic carbocycles. The number of piperidine rings is 1. The minimum absolute atomic E-state index is 0.117. The normalized spacial score (nSPS) is 27.1. The molecule has 0 aromatic heterocycles. The highest BCUT2D eigenvalue weighted by Crippen LogP contribution is 2.24. The van der Waals surface area contributed by atoms with Crippen LogP contribution in [0.15, 0.2) is 12.2 Å². The van der Waals surface area contributed by atoms with Crippen LogP contribution in [0.5, 0.6) is 0 Å². The summed E-state index contributed by atoms with van der Waals surface area (Å²) >= 11 is 0. The molecule has 1 heterocycles. The van der Waals surface area contributed by atoms with Gasteiger partial charge in [-0.1, -0.05) is 12.2 Å². The third-order valence-electron chi connectivity index (χ3n) is 3.97. The number of amides is 1. The molecular formula is C15H23NO3. The zero-order valence-corrected chi connectivity index (χ0v) is 11.6. The van der Waals surface area contributed by atoms with Crippen LogP contribution in [0.4, 0.5) is 0 Å². The minimum atomic E-state index is -0.150. The lowest BCUT2D eigenvalue weighted by molar-refractivity contribution is -0.152. The van der Waals surface area contributed by atoms with E-state index in [0.717, 1.165) is 38.6 Å². The van der Waals surface area contributed by atoms with Gasteiger partial charge in [0.05, 0.1) is 12.5 Å². The molecule has 1 amide bonds. The topological polar surface area (TPSA) is 46.6 Å². The van der Waals surface area contributed by atoms with Gasteiger partial charge in [-0.25, -0.2) is 0 Å². The van der Waals surface area contributed by atoms with E-state index in [1.54, 1.807) is 0 Å².